The van der Waals surface area contributed by atoms with Gasteiger partial charge in [0.1, 0.15) is 0 Å². The van der Waals surface area contributed by atoms with E-state index in [0.717, 1.165) is 22.5 Å². The molecule has 0 aliphatic rings. The maximum absolute atomic E-state index is 12.2. The number of nitrogens with one attached hydrogen (secondary N) is 2. The van der Waals surface area contributed by atoms with E-state index in [-0.39, 0.29) is 12.6 Å². The fourth-order valence-electron chi connectivity index (χ4n) is 2.72. The van der Waals surface area contributed by atoms with Crippen LogP contribution in [-0.2, 0) is 11.3 Å². The molecule has 0 unspecified atom stereocenters. The van der Waals surface area contributed by atoms with Crippen molar-refractivity contribution in [3.8, 4) is 16.9 Å². The molecule has 1 aromatic heterocycles. The van der Waals surface area contributed by atoms with Crippen LogP contribution in [0.5, 0.6) is 0 Å². The highest BCUT2D eigenvalue weighted by Gasteiger charge is 2.25. The van der Waals surface area contributed by atoms with Crippen LogP contribution in [0.4, 0.5) is 4.79 Å². The van der Waals surface area contributed by atoms with E-state index in [1.54, 1.807) is 18.5 Å². The van der Waals surface area contributed by atoms with Gasteiger partial charge in [0.15, 0.2) is 0 Å². The van der Waals surface area contributed by atoms with E-state index in [4.69, 9.17) is 10.8 Å². The summed E-state index contributed by atoms with van der Waals surface area (Å²) in [6.07, 6.45) is 1.91. The molecule has 0 saturated carbocycles. The summed E-state index contributed by atoms with van der Waals surface area (Å²) in [5.41, 5.74) is 8.11. The van der Waals surface area contributed by atoms with E-state index in [0.29, 0.717) is 6.54 Å². The smallest absolute Gasteiger partial charge is 0.315 e. The lowest BCUT2D eigenvalue weighted by molar-refractivity contribution is -0.125. The van der Waals surface area contributed by atoms with Crippen molar-refractivity contribution in [1.82, 2.24) is 20.4 Å². The van der Waals surface area contributed by atoms with E-state index in [1.807, 2.05) is 66.9 Å². The molecule has 0 spiro atoms. The Kier molecular flexibility index (Phi) is 5.97. The van der Waals surface area contributed by atoms with E-state index < -0.39 is 11.3 Å². The third-order valence-electron chi connectivity index (χ3n) is 4.66. The monoisotopic (exact) mass is 391 g/mol. The number of rotatable bonds is 7. The Morgan fingerprint density at radius 3 is 2.24 bits per heavy atom. The molecule has 3 rings (SSSR count). The van der Waals surface area contributed by atoms with Crippen molar-refractivity contribution in [2.45, 2.75) is 20.4 Å². The quantitative estimate of drug-likeness (QED) is 0.577. The van der Waals surface area contributed by atoms with Gasteiger partial charge in [-0.15, -0.1) is 0 Å². The molecule has 0 aliphatic carbocycles. The molecule has 1 heterocycles. The molecule has 7 heteroatoms. The number of nitrogens with two attached hydrogens (primary N) is 1. The molecule has 29 heavy (non-hydrogen) atoms. The fourth-order valence-corrected chi connectivity index (χ4v) is 2.72. The highest BCUT2D eigenvalue weighted by molar-refractivity contribution is 5.81. The molecule has 0 atom stereocenters. The number of hydrogen-bond acceptors (Lipinski definition) is 3. The van der Waals surface area contributed by atoms with Gasteiger partial charge in [-0.2, -0.15) is 5.10 Å². The van der Waals surface area contributed by atoms with Crippen LogP contribution in [0.1, 0.15) is 19.4 Å². The number of para-hydroxylation sites is 1. The highest BCUT2D eigenvalue weighted by atomic mass is 16.2. The summed E-state index contributed by atoms with van der Waals surface area (Å²) in [5, 5.41) is 10.2. The Morgan fingerprint density at radius 1 is 1.00 bits per heavy atom. The largest absolute Gasteiger partial charge is 0.369 e. The van der Waals surface area contributed by atoms with Crippen LogP contribution >= 0.6 is 0 Å². The van der Waals surface area contributed by atoms with Crippen LogP contribution < -0.4 is 16.4 Å². The van der Waals surface area contributed by atoms with Crippen LogP contribution in [0.25, 0.3) is 16.9 Å². The van der Waals surface area contributed by atoms with E-state index in [9.17, 15) is 9.59 Å². The van der Waals surface area contributed by atoms with Gasteiger partial charge in [0.05, 0.1) is 16.8 Å². The van der Waals surface area contributed by atoms with Gasteiger partial charge in [0, 0.05) is 30.4 Å². The first-order chi connectivity index (χ1) is 13.9. The summed E-state index contributed by atoms with van der Waals surface area (Å²) in [7, 11) is 0. The molecular weight excluding hydrogens is 366 g/mol. The Bertz CT molecular complexity index is 981. The van der Waals surface area contributed by atoms with Gasteiger partial charge in [0.25, 0.3) is 0 Å². The lowest BCUT2D eigenvalue weighted by Gasteiger charge is -2.20. The van der Waals surface area contributed by atoms with Gasteiger partial charge in [0.2, 0.25) is 5.91 Å². The maximum atomic E-state index is 12.2. The summed E-state index contributed by atoms with van der Waals surface area (Å²) in [5.74, 6) is -0.465. The van der Waals surface area contributed by atoms with E-state index >= 15 is 0 Å². The van der Waals surface area contributed by atoms with Gasteiger partial charge < -0.3 is 16.4 Å². The van der Waals surface area contributed by atoms with E-state index in [2.05, 4.69) is 10.6 Å². The number of carbonyl (C=O) groups excluding carboxylic acids is 2. The van der Waals surface area contributed by atoms with Gasteiger partial charge in [-0.3, -0.25) is 4.79 Å². The van der Waals surface area contributed by atoms with Gasteiger partial charge >= 0.3 is 6.03 Å². The second-order valence-corrected chi connectivity index (χ2v) is 7.43. The Balaban J connectivity index is 1.76. The zero-order chi connectivity index (χ0) is 20.9. The molecule has 150 valence electrons. The van der Waals surface area contributed by atoms with Crippen LogP contribution in [0.3, 0.4) is 0 Å². The Morgan fingerprint density at radius 2 is 1.62 bits per heavy atom. The molecule has 7 nitrogen and oxygen atoms in total. The summed E-state index contributed by atoms with van der Waals surface area (Å²) in [6, 6.07) is 19.2. The summed E-state index contributed by atoms with van der Waals surface area (Å²) < 4.78 is 1.80. The molecular formula is C22H25N5O2. The second kappa shape index (κ2) is 8.60. The van der Waals surface area contributed by atoms with Gasteiger partial charge in [-0.05, 0) is 26.0 Å². The van der Waals surface area contributed by atoms with E-state index in [1.165, 1.54) is 0 Å². The third kappa shape index (κ3) is 5.01. The van der Waals surface area contributed by atoms with Crippen LogP contribution in [-0.4, -0.2) is 28.3 Å². The maximum Gasteiger partial charge on any atom is 0.315 e. The summed E-state index contributed by atoms with van der Waals surface area (Å²) in [4.78, 5) is 23.6. The average Bonchev–Trinajstić information content (AvgIpc) is 3.16. The Hall–Kier alpha value is -3.61. The molecule has 3 amide bonds. The number of hydrogen-bond donors (Lipinski definition) is 3. The lowest BCUT2D eigenvalue weighted by atomic mass is 9.93. The molecule has 0 fully saturated rings. The predicted molar refractivity (Wildman–Crippen MR) is 112 cm³/mol. The molecule has 0 bridgehead atoms. The Labute approximate surface area is 169 Å². The predicted octanol–water partition coefficient (Wildman–Crippen LogP) is 2.85. The first kappa shape index (κ1) is 20.1. The molecule has 2 aromatic carbocycles. The lowest BCUT2D eigenvalue weighted by Crippen LogP contribution is -2.45. The van der Waals surface area contributed by atoms with Gasteiger partial charge in [-0.1, -0.05) is 48.5 Å². The number of carbonyl (C=O) groups is 2. The topological polar surface area (TPSA) is 102 Å². The minimum atomic E-state index is -0.815. The average molecular weight is 391 g/mol. The minimum absolute atomic E-state index is 0.156. The molecule has 0 saturated heterocycles. The normalized spacial score (nSPS) is 11.1. The van der Waals surface area contributed by atoms with Crippen LogP contribution in [0, 0.1) is 5.41 Å². The number of primary amides is 1. The standard InChI is InChI=1S/C22H25N5O2/c1-22(2,20(23)28)15-25-21(29)24-13-17-14-27(18-11-7-4-8-12-18)26-19(17)16-9-5-3-6-10-16/h3-12,14H,13,15H2,1-2H3,(H2,23,28)(H2,24,25,29). The number of urea groups is 1. The minimum Gasteiger partial charge on any atom is -0.369 e. The zero-order valence-electron chi connectivity index (χ0n) is 16.6. The highest BCUT2D eigenvalue weighted by Crippen LogP contribution is 2.23. The van der Waals surface area contributed by atoms with Crippen LogP contribution in [0.15, 0.2) is 66.9 Å². The van der Waals surface area contributed by atoms with Crippen molar-refractivity contribution in [2.75, 3.05) is 6.54 Å². The van der Waals surface area contributed by atoms with Crippen molar-refractivity contribution in [3.05, 3.63) is 72.4 Å². The molecule has 0 radical (unpaired) electrons. The van der Waals surface area contributed by atoms with Crippen molar-refractivity contribution in [1.29, 1.82) is 0 Å². The third-order valence-corrected chi connectivity index (χ3v) is 4.66. The number of amides is 3. The second-order valence-electron chi connectivity index (χ2n) is 7.43. The first-order valence-corrected chi connectivity index (χ1v) is 9.38. The van der Waals surface area contributed by atoms with Crippen molar-refractivity contribution in [2.24, 2.45) is 11.1 Å². The van der Waals surface area contributed by atoms with Gasteiger partial charge in [-0.25, -0.2) is 9.48 Å². The molecule has 0 aliphatic heterocycles. The number of benzene rings is 2. The summed E-state index contributed by atoms with van der Waals surface area (Å²) in [6.45, 7) is 3.82. The zero-order valence-corrected chi connectivity index (χ0v) is 16.6. The van der Waals surface area contributed by atoms with Crippen molar-refractivity contribution < 1.29 is 9.59 Å². The number of aromatic nitrogens is 2. The van der Waals surface area contributed by atoms with Crippen molar-refractivity contribution in [3.63, 3.8) is 0 Å². The molecule has 4 N–H and O–H groups in total. The number of nitrogens with zero attached hydrogens (tertiary/aromatic N) is 2. The SMILES string of the molecule is CC(C)(CNC(=O)NCc1cn(-c2ccccc2)nc1-c1ccccc1)C(N)=O. The van der Waals surface area contributed by atoms with Crippen molar-refractivity contribution >= 4 is 11.9 Å². The molecule has 3 aromatic rings. The summed E-state index contributed by atoms with van der Waals surface area (Å²) >= 11 is 0. The first-order valence-electron chi connectivity index (χ1n) is 9.38. The fraction of sp³-hybridized carbons (Fsp3) is 0.227. The van der Waals surface area contributed by atoms with Crippen LogP contribution in [0.2, 0.25) is 0 Å².